The monoisotopic (exact) mass is 240 g/mol. The van der Waals surface area contributed by atoms with Crippen LogP contribution in [0.3, 0.4) is 0 Å². The third-order valence-electron chi connectivity index (χ3n) is 1.59. The minimum Gasteiger partial charge on any atom is -0.345 e. The molecule has 0 aromatic carbocycles. The fraction of sp³-hybridized carbons (Fsp3) is 0.875. The zero-order valence-electron chi connectivity index (χ0n) is 7.94. The van der Waals surface area contributed by atoms with Gasteiger partial charge in [-0.25, -0.2) is 0 Å². The molecular formula is C8H17O2PS2. The molecule has 0 radical (unpaired) electrons. The topological polar surface area (TPSA) is 29.5 Å². The van der Waals surface area contributed by atoms with Gasteiger partial charge in [0.15, 0.2) is 6.49 Å². The van der Waals surface area contributed by atoms with E-state index in [0.717, 1.165) is 25.7 Å². The van der Waals surface area contributed by atoms with Crippen LogP contribution in [0.4, 0.5) is 0 Å². The maximum atomic E-state index is 9.55. The van der Waals surface area contributed by atoms with Crippen LogP contribution in [0.5, 0.6) is 0 Å². The zero-order chi connectivity index (χ0) is 10.2. The van der Waals surface area contributed by atoms with E-state index in [9.17, 15) is 4.89 Å². The van der Waals surface area contributed by atoms with E-state index in [0.29, 0.717) is 12.8 Å². The van der Waals surface area contributed by atoms with E-state index >= 15 is 0 Å². The number of unbranched alkanes of at least 4 members (excludes halogenated alkanes) is 3. The first-order chi connectivity index (χ1) is 6.12. The number of hydrogen-bond donors (Lipinski definition) is 1. The Hall–Kier alpha value is 0.660. The van der Waals surface area contributed by atoms with Crippen molar-refractivity contribution in [2.75, 3.05) is 12.8 Å². The van der Waals surface area contributed by atoms with Crippen molar-refractivity contribution in [3.63, 3.8) is 0 Å². The standard InChI is InChI=1S/C8H17O2PS2/c1-2-10-11(9,13)7-5-3-4-6-8-12/h8H,2-7H2,1H3,(H,9,13). The van der Waals surface area contributed by atoms with Crippen molar-refractivity contribution < 1.29 is 9.42 Å². The van der Waals surface area contributed by atoms with Crippen molar-refractivity contribution in [2.45, 2.75) is 32.6 Å². The van der Waals surface area contributed by atoms with Crippen molar-refractivity contribution >= 4 is 35.9 Å². The molecule has 0 fully saturated rings. The number of hydrogen-bond acceptors (Lipinski definition) is 3. The lowest BCUT2D eigenvalue weighted by molar-refractivity contribution is 0.326. The van der Waals surface area contributed by atoms with Crippen LogP contribution in [-0.4, -0.2) is 23.0 Å². The zero-order valence-corrected chi connectivity index (χ0v) is 10.5. The summed E-state index contributed by atoms with van der Waals surface area (Å²) in [6, 6.07) is 0. The van der Waals surface area contributed by atoms with Crippen LogP contribution in [0.15, 0.2) is 0 Å². The predicted octanol–water partition coefficient (Wildman–Crippen LogP) is 2.88. The first kappa shape index (κ1) is 13.7. The molecule has 0 saturated heterocycles. The summed E-state index contributed by atoms with van der Waals surface area (Å²) in [4.78, 5) is 9.55. The quantitative estimate of drug-likeness (QED) is 0.401. The molecule has 5 heteroatoms. The van der Waals surface area contributed by atoms with Crippen molar-refractivity contribution in [3.8, 4) is 0 Å². The van der Waals surface area contributed by atoms with E-state index < -0.39 is 6.49 Å². The number of rotatable bonds is 8. The van der Waals surface area contributed by atoms with Gasteiger partial charge in [-0.05, 0) is 43.4 Å². The van der Waals surface area contributed by atoms with Crippen LogP contribution in [0.25, 0.3) is 0 Å². The van der Waals surface area contributed by atoms with Crippen molar-refractivity contribution in [2.24, 2.45) is 0 Å². The van der Waals surface area contributed by atoms with E-state index in [4.69, 9.17) is 28.5 Å². The second kappa shape index (κ2) is 8.01. The lowest BCUT2D eigenvalue weighted by Crippen LogP contribution is -1.94. The largest absolute Gasteiger partial charge is 0.345 e. The van der Waals surface area contributed by atoms with Crippen molar-refractivity contribution in [3.05, 3.63) is 0 Å². The lowest BCUT2D eigenvalue weighted by atomic mass is 10.2. The summed E-state index contributed by atoms with van der Waals surface area (Å²) >= 11 is 9.64. The molecule has 0 spiro atoms. The maximum Gasteiger partial charge on any atom is 0.186 e. The number of thiocarbonyl (C=S) groups is 1. The molecule has 78 valence electrons. The molecule has 0 heterocycles. The van der Waals surface area contributed by atoms with Gasteiger partial charge in [0.25, 0.3) is 0 Å². The third kappa shape index (κ3) is 8.98. The summed E-state index contributed by atoms with van der Waals surface area (Å²) in [7, 11) is 0. The van der Waals surface area contributed by atoms with Gasteiger partial charge in [-0.2, -0.15) is 0 Å². The SMILES string of the molecule is CCOP(O)(=S)CCCCCC=S. The Morgan fingerprint density at radius 3 is 2.62 bits per heavy atom. The van der Waals surface area contributed by atoms with Gasteiger partial charge < -0.3 is 9.42 Å². The van der Waals surface area contributed by atoms with Crippen LogP contribution < -0.4 is 0 Å². The second-order valence-corrected chi connectivity index (χ2v) is 6.82. The smallest absolute Gasteiger partial charge is 0.186 e. The minimum atomic E-state index is -2.44. The van der Waals surface area contributed by atoms with Gasteiger partial charge in [-0.1, -0.05) is 18.6 Å². The van der Waals surface area contributed by atoms with Gasteiger partial charge in [0.1, 0.15) is 0 Å². The normalized spacial score (nSPS) is 15.2. The van der Waals surface area contributed by atoms with E-state index in [1.165, 1.54) is 0 Å². The van der Waals surface area contributed by atoms with Gasteiger partial charge in [0, 0.05) is 6.16 Å². The Bertz CT molecular complexity index is 185. The van der Waals surface area contributed by atoms with Gasteiger partial charge in [0.2, 0.25) is 0 Å². The minimum absolute atomic E-state index is 0.508. The summed E-state index contributed by atoms with van der Waals surface area (Å²) in [5.74, 6) is 0. The first-order valence-electron chi connectivity index (χ1n) is 4.52. The molecular weight excluding hydrogens is 223 g/mol. The summed E-state index contributed by atoms with van der Waals surface area (Å²) < 4.78 is 5.09. The fourth-order valence-electron chi connectivity index (χ4n) is 0.982. The van der Waals surface area contributed by atoms with Gasteiger partial charge in [-0.3, -0.25) is 0 Å². The van der Waals surface area contributed by atoms with Crippen LogP contribution >= 0.6 is 18.7 Å². The second-order valence-electron chi connectivity index (χ2n) is 2.79. The highest BCUT2D eigenvalue weighted by atomic mass is 32.5. The average Bonchev–Trinajstić information content (AvgIpc) is 2.04. The Kier molecular flexibility index (Phi) is 8.42. The van der Waals surface area contributed by atoms with Crippen LogP contribution in [0, 0.1) is 0 Å². The molecule has 2 nitrogen and oxygen atoms in total. The van der Waals surface area contributed by atoms with Gasteiger partial charge in [-0.15, -0.1) is 0 Å². The Labute approximate surface area is 90.9 Å². The van der Waals surface area contributed by atoms with Crippen molar-refractivity contribution in [1.82, 2.24) is 0 Å². The summed E-state index contributed by atoms with van der Waals surface area (Å²) in [5.41, 5.74) is 0. The van der Waals surface area contributed by atoms with E-state index in [1.807, 2.05) is 6.92 Å². The van der Waals surface area contributed by atoms with Gasteiger partial charge in [0.05, 0.1) is 6.61 Å². The highest BCUT2D eigenvalue weighted by molar-refractivity contribution is 8.09. The lowest BCUT2D eigenvalue weighted by Gasteiger charge is -2.13. The molecule has 0 saturated carbocycles. The average molecular weight is 240 g/mol. The van der Waals surface area contributed by atoms with Crippen molar-refractivity contribution in [1.29, 1.82) is 0 Å². The Morgan fingerprint density at radius 2 is 2.08 bits per heavy atom. The van der Waals surface area contributed by atoms with E-state index in [2.05, 4.69) is 0 Å². The van der Waals surface area contributed by atoms with Gasteiger partial charge >= 0.3 is 0 Å². The molecule has 1 N–H and O–H groups in total. The molecule has 1 atom stereocenters. The molecule has 0 aliphatic heterocycles. The molecule has 0 bridgehead atoms. The molecule has 0 rings (SSSR count). The Morgan fingerprint density at radius 1 is 1.38 bits per heavy atom. The molecule has 0 aliphatic carbocycles. The third-order valence-corrected chi connectivity index (χ3v) is 4.24. The first-order valence-corrected chi connectivity index (χ1v) is 7.85. The van der Waals surface area contributed by atoms with Crippen LogP contribution in [0.2, 0.25) is 0 Å². The predicted molar refractivity (Wildman–Crippen MR) is 65.1 cm³/mol. The molecule has 13 heavy (non-hydrogen) atoms. The molecule has 0 amide bonds. The highest BCUT2D eigenvalue weighted by Gasteiger charge is 2.11. The summed E-state index contributed by atoms with van der Waals surface area (Å²) in [5, 5.41) is 1.75. The van der Waals surface area contributed by atoms with E-state index in [1.54, 1.807) is 5.37 Å². The van der Waals surface area contributed by atoms with Crippen LogP contribution in [-0.2, 0) is 16.3 Å². The summed E-state index contributed by atoms with van der Waals surface area (Å²) in [6.07, 6.45) is 4.70. The van der Waals surface area contributed by atoms with Crippen LogP contribution in [0.1, 0.15) is 32.6 Å². The molecule has 0 aromatic rings. The fourth-order valence-corrected chi connectivity index (χ4v) is 3.01. The summed E-state index contributed by atoms with van der Waals surface area (Å²) in [6.45, 7) is -0.0858. The Balaban J connectivity index is 3.40. The highest BCUT2D eigenvalue weighted by Crippen LogP contribution is 2.42. The van der Waals surface area contributed by atoms with E-state index in [-0.39, 0.29) is 0 Å². The maximum absolute atomic E-state index is 9.55. The molecule has 0 aromatic heterocycles. The molecule has 1 unspecified atom stereocenters. The molecule has 0 aliphatic rings.